The first-order valence-corrected chi connectivity index (χ1v) is 10.9. The summed E-state index contributed by atoms with van der Waals surface area (Å²) in [5, 5.41) is 22.9. The highest BCUT2D eigenvalue weighted by Gasteiger charge is 2.29. The fourth-order valence-electron chi connectivity index (χ4n) is 3.72. The Bertz CT molecular complexity index is 837. The van der Waals surface area contributed by atoms with Crippen LogP contribution in [0.2, 0.25) is 0 Å². The number of non-ortho nitro benzene ring substituents is 1. The number of carbonyl (C=O) groups is 3. The number of amides is 2. The maximum atomic E-state index is 13.1. The number of likely N-dealkylation sites (N-methyl/N-ethyl adjacent to an activating group) is 1. The Hall–Kier alpha value is -3.23. The molecule has 0 radical (unpaired) electrons. The van der Waals surface area contributed by atoms with E-state index >= 15 is 0 Å². The Morgan fingerprint density at radius 2 is 1.81 bits per heavy atom. The first-order chi connectivity index (χ1) is 15.3. The molecule has 1 aliphatic rings. The number of allylic oxidation sites excluding steroid dienone is 2. The second kappa shape index (κ2) is 12.6. The molecule has 2 amide bonds. The lowest BCUT2D eigenvalue weighted by Crippen LogP contribution is -2.50. The molecule has 1 aliphatic heterocycles. The molecule has 1 aromatic rings. The molecule has 0 saturated carbocycles. The normalized spacial score (nSPS) is 21.3. The maximum Gasteiger partial charge on any atom is 0.304 e. The van der Waals surface area contributed by atoms with Gasteiger partial charge in [0.1, 0.15) is 6.04 Å². The van der Waals surface area contributed by atoms with Crippen LogP contribution in [-0.2, 0) is 20.8 Å². The highest BCUT2D eigenvalue weighted by Crippen LogP contribution is 2.17. The zero-order valence-electron chi connectivity index (χ0n) is 18.4. The quantitative estimate of drug-likeness (QED) is 0.407. The predicted octanol–water partition coefficient (Wildman–Crippen LogP) is 3.08. The Kier molecular flexibility index (Phi) is 9.84. The van der Waals surface area contributed by atoms with Crippen LogP contribution in [0.25, 0.3) is 0 Å². The number of nitro groups is 1. The van der Waals surface area contributed by atoms with Crippen molar-refractivity contribution in [3.8, 4) is 0 Å². The number of hydrogen-bond acceptors (Lipinski definition) is 5. The van der Waals surface area contributed by atoms with Gasteiger partial charge in [0, 0.05) is 38.1 Å². The van der Waals surface area contributed by atoms with E-state index in [-0.39, 0.29) is 24.4 Å². The van der Waals surface area contributed by atoms with Crippen molar-refractivity contribution in [3.05, 3.63) is 52.1 Å². The summed E-state index contributed by atoms with van der Waals surface area (Å²) in [5.74, 6) is -2.52. The molecule has 0 spiro atoms. The SMILES string of the molecule is CN1CCCCC=CCCC[C@H](CC(=O)O)C(=O)N[C@@H](Cc2ccc([N+](=O)[O-])cc2)C1=O. The average Bonchev–Trinajstić information content (AvgIpc) is 2.75. The van der Waals surface area contributed by atoms with Gasteiger partial charge in [-0.05, 0) is 44.1 Å². The molecule has 174 valence electrons. The van der Waals surface area contributed by atoms with Gasteiger partial charge in [0.25, 0.3) is 5.69 Å². The molecule has 0 bridgehead atoms. The van der Waals surface area contributed by atoms with E-state index in [4.69, 9.17) is 0 Å². The van der Waals surface area contributed by atoms with E-state index in [0.29, 0.717) is 24.9 Å². The van der Waals surface area contributed by atoms with Crippen molar-refractivity contribution in [2.24, 2.45) is 5.92 Å². The molecule has 9 nitrogen and oxygen atoms in total. The average molecular weight is 446 g/mol. The van der Waals surface area contributed by atoms with E-state index in [1.807, 2.05) is 0 Å². The molecule has 1 heterocycles. The number of carbonyl (C=O) groups excluding carboxylic acids is 2. The summed E-state index contributed by atoms with van der Waals surface area (Å²) >= 11 is 0. The summed E-state index contributed by atoms with van der Waals surface area (Å²) < 4.78 is 0. The molecular weight excluding hydrogens is 414 g/mol. The number of nitrogens with one attached hydrogen (secondary N) is 1. The van der Waals surface area contributed by atoms with Gasteiger partial charge in [-0.25, -0.2) is 0 Å². The monoisotopic (exact) mass is 445 g/mol. The number of nitro benzene ring substituents is 1. The fourth-order valence-corrected chi connectivity index (χ4v) is 3.72. The van der Waals surface area contributed by atoms with E-state index in [9.17, 15) is 29.6 Å². The third-order valence-corrected chi connectivity index (χ3v) is 5.57. The third kappa shape index (κ3) is 8.13. The van der Waals surface area contributed by atoms with Crippen LogP contribution in [0.15, 0.2) is 36.4 Å². The molecule has 0 aromatic heterocycles. The van der Waals surface area contributed by atoms with Crippen molar-refractivity contribution < 1.29 is 24.4 Å². The van der Waals surface area contributed by atoms with Gasteiger partial charge < -0.3 is 15.3 Å². The number of nitrogens with zero attached hydrogens (tertiary/aromatic N) is 2. The summed E-state index contributed by atoms with van der Waals surface area (Å²) in [6.07, 6.45) is 8.55. The van der Waals surface area contributed by atoms with E-state index < -0.39 is 28.8 Å². The van der Waals surface area contributed by atoms with E-state index in [1.165, 1.54) is 12.1 Å². The van der Waals surface area contributed by atoms with Gasteiger partial charge in [-0.1, -0.05) is 24.3 Å². The number of aliphatic carboxylic acids is 1. The van der Waals surface area contributed by atoms with Crippen LogP contribution in [0.3, 0.4) is 0 Å². The maximum absolute atomic E-state index is 13.1. The molecule has 2 atom stereocenters. The Morgan fingerprint density at radius 1 is 1.16 bits per heavy atom. The lowest BCUT2D eigenvalue weighted by molar-refractivity contribution is -0.384. The lowest BCUT2D eigenvalue weighted by atomic mass is 9.96. The van der Waals surface area contributed by atoms with Crippen LogP contribution in [0.4, 0.5) is 5.69 Å². The van der Waals surface area contributed by atoms with E-state index in [2.05, 4.69) is 17.5 Å². The molecule has 2 N–H and O–H groups in total. The van der Waals surface area contributed by atoms with E-state index in [0.717, 1.165) is 25.7 Å². The number of carboxylic acids is 1. The summed E-state index contributed by atoms with van der Waals surface area (Å²) in [6.45, 7) is 0.540. The van der Waals surface area contributed by atoms with Crippen LogP contribution < -0.4 is 5.32 Å². The lowest BCUT2D eigenvalue weighted by Gasteiger charge is -2.26. The van der Waals surface area contributed by atoms with Crippen molar-refractivity contribution in [3.63, 3.8) is 0 Å². The molecule has 0 unspecified atom stereocenters. The molecule has 32 heavy (non-hydrogen) atoms. The Labute approximate surface area is 187 Å². The molecule has 9 heteroatoms. The minimum Gasteiger partial charge on any atom is -0.481 e. The smallest absolute Gasteiger partial charge is 0.304 e. The van der Waals surface area contributed by atoms with Gasteiger partial charge in [0.2, 0.25) is 11.8 Å². The largest absolute Gasteiger partial charge is 0.481 e. The number of hydrogen-bond donors (Lipinski definition) is 2. The van der Waals surface area contributed by atoms with E-state index in [1.54, 1.807) is 24.1 Å². The molecular formula is C23H31N3O6. The number of benzene rings is 1. The number of carboxylic acid groups (broad SMARTS) is 1. The van der Waals surface area contributed by atoms with Crippen molar-refractivity contribution in [1.82, 2.24) is 10.2 Å². The van der Waals surface area contributed by atoms with Crippen molar-refractivity contribution in [2.75, 3.05) is 13.6 Å². The highest BCUT2D eigenvalue weighted by atomic mass is 16.6. The van der Waals surface area contributed by atoms with Gasteiger partial charge in [-0.15, -0.1) is 0 Å². The molecule has 2 rings (SSSR count). The van der Waals surface area contributed by atoms with Crippen molar-refractivity contribution in [1.29, 1.82) is 0 Å². The van der Waals surface area contributed by atoms with Crippen LogP contribution >= 0.6 is 0 Å². The Morgan fingerprint density at radius 3 is 2.44 bits per heavy atom. The summed E-state index contributed by atoms with van der Waals surface area (Å²) in [6, 6.07) is 4.96. The summed E-state index contributed by atoms with van der Waals surface area (Å²) in [5.41, 5.74) is 0.609. The zero-order valence-corrected chi connectivity index (χ0v) is 18.4. The molecule has 0 saturated heterocycles. The van der Waals surface area contributed by atoms with Crippen molar-refractivity contribution in [2.45, 2.75) is 57.4 Å². The summed E-state index contributed by atoms with van der Waals surface area (Å²) in [4.78, 5) is 49.3. The molecule has 0 fully saturated rings. The second-order valence-corrected chi connectivity index (χ2v) is 8.14. The van der Waals surface area contributed by atoms with Gasteiger partial charge >= 0.3 is 5.97 Å². The predicted molar refractivity (Wildman–Crippen MR) is 119 cm³/mol. The van der Waals surface area contributed by atoms with Crippen molar-refractivity contribution >= 4 is 23.5 Å². The highest BCUT2D eigenvalue weighted by molar-refractivity contribution is 5.90. The number of rotatable bonds is 5. The van der Waals surface area contributed by atoms with Gasteiger partial charge in [-0.3, -0.25) is 24.5 Å². The first kappa shape index (κ1) is 25.0. The fraction of sp³-hybridized carbons (Fsp3) is 0.522. The topological polar surface area (TPSA) is 130 Å². The van der Waals surface area contributed by atoms with Crippen LogP contribution in [0.1, 0.15) is 50.5 Å². The molecule has 0 aliphatic carbocycles. The minimum absolute atomic E-state index is 0.0570. The second-order valence-electron chi connectivity index (χ2n) is 8.14. The molecule has 1 aromatic carbocycles. The zero-order chi connectivity index (χ0) is 23.5. The van der Waals surface area contributed by atoms with Crippen LogP contribution in [0.5, 0.6) is 0 Å². The van der Waals surface area contributed by atoms with Gasteiger partial charge in [0.05, 0.1) is 11.3 Å². The third-order valence-electron chi connectivity index (χ3n) is 5.57. The minimum atomic E-state index is -1.06. The van der Waals surface area contributed by atoms with Gasteiger partial charge in [0.15, 0.2) is 0 Å². The van der Waals surface area contributed by atoms with Gasteiger partial charge in [-0.2, -0.15) is 0 Å². The first-order valence-electron chi connectivity index (χ1n) is 10.9. The Balaban J connectivity index is 2.24. The van der Waals surface area contributed by atoms with Crippen LogP contribution in [0, 0.1) is 16.0 Å². The summed E-state index contributed by atoms with van der Waals surface area (Å²) in [7, 11) is 1.68. The van der Waals surface area contributed by atoms with Crippen LogP contribution in [-0.4, -0.2) is 52.3 Å². The standard InChI is InChI=1S/C23H31N3O6/c1-25-14-8-6-4-2-3-5-7-9-18(16-21(27)28)22(29)24-20(23(25)30)15-17-10-12-19(13-11-17)26(31)32/h2-3,10-13,18,20H,4-9,14-16H2,1H3,(H,24,29)(H,27,28)/t18-,20+/m1/s1.